The Labute approximate surface area is 168 Å². The Hall–Kier alpha value is -4.41. The number of nitrogens with two attached hydrogens (primary N) is 1. The summed E-state index contributed by atoms with van der Waals surface area (Å²) in [5.74, 6) is -1.69. The number of hydrogen-bond acceptors (Lipinski definition) is 7. The molecule has 2 aromatic carbocycles. The molecule has 0 radical (unpaired) electrons. The van der Waals surface area contributed by atoms with Crippen LogP contribution in [0.4, 0.5) is 10.1 Å². The van der Waals surface area contributed by atoms with Crippen molar-refractivity contribution >= 4 is 17.5 Å². The number of rotatable bonds is 6. The van der Waals surface area contributed by atoms with Gasteiger partial charge in [0, 0.05) is 11.3 Å². The molecular weight excluding hydrogens is 393 g/mol. The Morgan fingerprint density at radius 1 is 1.10 bits per heavy atom. The molecule has 0 spiro atoms. The summed E-state index contributed by atoms with van der Waals surface area (Å²) in [6.07, 6.45) is 1.58. The topological polar surface area (TPSA) is 142 Å². The number of benzene rings is 2. The third kappa shape index (κ3) is 4.19. The monoisotopic (exact) mass is 407 g/mol. The van der Waals surface area contributed by atoms with Gasteiger partial charge >= 0.3 is 11.8 Å². The van der Waals surface area contributed by atoms with Crippen molar-refractivity contribution in [3.63, 3.8) is 0 Å². The summed E-state index contributed by atoms with van der Waals surface area (Å²) in [7, 11) is 0. The fourth-order valence-corrected chi connectivity index (χ4v) is 2.58. The molecule has 3 N–H and O–H groups in total. The summed E-state index contributed by atoms with van der Waals surface area (Å²) >= 11 is 0. The van der Waals surface area contributed by atoms with Crippen molar-refractivity contribution in [2.45, 2.75) is 6.54 Å². The van der Waals surface area contributed by atoms with Gasteiger partial charge in [0.05, 0.1) is 12.7 Å². The standard InChI is InChI=1S/C19H14FN7O3/c20-13-5-1-11(2-6-13)9-27-10-15(24-26-27)17-23-19(30-25-17)18(29)22-14-7-3-12(4-8-14)16(21)28/h1-8,10H,9H2,(H2,21,28)(H,22,29). The molecule has 2 amide bonds. The van der Waals surface area contributed by atoms with Gasteiger partial charge in [0.2, 0.25) is 11.7 Å². The molecule has 0 fully saturated rings. The molecular formula is C19H14FN7O3. The summed E-state index contributed by atoms with van der Waals surface area (Å²) in [5.41, 5.74) is 7.07. The second-order valence-corrected chi connectivity index (χ2v) is 6.25. The Kier molecular flexibility index (Phi) is 4.99. The van der Waals surface area contributed by atoms with Crippen LogP contribution in [0.5, 0.6) is 0 Å². The van der Waals surface area contributed by atoms with Gasteiger partial charge in [-0.05, 0) is 42.0 Å². The molecule has 2 heterocycles. The van der Waals surface area contributed by atoms with Gasteiger partial charge in [-0.15, -0.1) is 5.10 Å². The molecule has 0 aliphatic rings. The van der Waals surface area contributed by atoms with E-state index in [4.69, 9.17) is 10.3 Å². The summed E-state index contributed by atoms with van der Waals surface area (Å²) in [4.78, 5) is 27.4. The lowest BCUT2D eigenvalue weighted by atomic mass is 10.2. The second-order valence-electron chi connectivity index (χ2n) is 6.25. The van der Waals surface area contributed by atoms with Crippen LogP contribution in [0.2, 0.25) is 0 Å². The summed E-state index contributed by atoms with van der Waals surface area (Å²) in [6, 6.07) is 12.0. The largest absolute Gasteiger partial charge is 0.366 e. The molecule has 0 bridgehead atoms. The maximum Gasteiger partial charge on any atom is 0.316 e. The fourth-order valence-electron chi connectivity index (χ4n) is 2.58. The minimum atomic E-state index is -0.626. The zero-order chi connectivity index (χ0) is 21.1. The van der Waals surface area contributed by atoms with E-state index < -0.39 is 11.8 Å². The predicted octanol–water partition coefficient (Wildman–Crippen LogP) is 1.87. The molecule has 0 saturated heterocycles. The molecule has 30 heavy (non-hydrogen) atoms. The first kappa shape index (κ1) is 18.9. The first-order chi connectivity index (χ1) is 14.5. The molecule has 2 aromatic heterocycles. The van der Waals surface area contributed by atoms with Gasteiger partial charge in [0.25, 0.3) is 0 Å². The van der Waals surface area contributed by atoms with Crippen LogP contribution in [0.3, 0.4) is 0 Å². The van der Waals surface area contributed by atoms with E-state index in [-0.39, 0.29) is 17.5 Å². The van der Waals surface area contributed by atoms with Crippen molar-refractivity contribution in [2.24, 2.45) is 5.73 Å². The predicted molar refractivity (Wildman–Crippen MR) is 102 cm³/mol. The second kappa shape index (κ2) is 7.91. The number of nitrogens with zero attached hydrogens (tertiary/aromatic N) is 5. The van der Waals surface area contributed by atoms with Gasteiger partial charge in [0.1, 0.15) is 5.82 Å². The normalized spacial score (nSPS) is 10.7. The first-order valence-electron chi connectivity index (χ1n) is 8.68. The lowest BCUT2D eigenvalue weighted by Gasteiger charge is -2.02. The Bertz CT molecular complexity index is 1200. The Morgan fingerprint density at radius 2 is 1.83 bits per heavy atom. The molecule has 150 valence electrons. The van der Waals surface area contributed by atoms with Gasteiger partial charge in [-0.1, -0.05) is 22.5 Å². The van der Waals surface area contributed by atoms with E-state index in [0.29, 0.717) is 23.5 Å². The maximum atomic E-state index is 13.0. The molecule has 0 aliphatic heterocycles. The quantitative estimate of drug-likeness (QED) is 0.497. The fraction of sp³-hybridized carbons (Fsp3) is 0.0526. The SMILES string of the molecule is NC(=O)c1ccc(NC(=O)c2nc(-c3cn(Cc4ccc(F)cc4)nn3)no2)cc1. The number of anilines is 1. The third-order valence-corrected chi connectivity index (χ3v) is 4.07. The molecule has 10 nitrogen and oxygen atoms in total. The highest BCUT2D eigenvalue weighted by atomic mass is 19.1. The van der Waals surface area contributed by atoms with Crippen LogP contribution in [0.25, 0.3) is 11.5 Å². The van der Waals surface area contributed by atoms with E-state index in [1.165, 1.54) is 41.1 Å². The van der Waals surface area contributed by atoms with Gasteiger partial charge in [-0.2, -0.15) is 4.98 Å². The molecule has 4 rings (SSSR count). The molecule has 0 saturated carbocycles. The number of nitrogens with one attached hydrogen (secondary N) is 1. The van der Waals surface area contributed by atoms with Crippen LogP contribution in [0.1, 0.15) is 26.6 Å². The average Bonchev–Trinajstić information content (AvgIpc) is 3.40. The van der Waals surface area contributed by atoms with Gasteiger partial charge < -0.3 is 15.6 Å². The zero-order valence-corrected chi connectivity index (χ0v) is 15.3. The lowest BCUT2D eigenvalue weighted by molar-refractivity contribution is 0.0979. The van der Waals surface area contributed by atoms with Crippen LogP contribution < -0.4 is 11.1 Å². The zero-order valence-electron chi connectivity index (χ0n) is 15.3. The van der Waals surface area contributed by atoms with Crippen molar-refractivity contribution in [2.75, 3.05) is 5.32 Å². The maximum absolute atomic E-state index is 13.0. The number of aromatic nitrogens is 5. The van der Waals surface area contributed by atoms with Gasteiger partial charge in [0.15, 0.2) is 5.69 Å². The Morgan fingerprint density at radius 3 is 2.53 bits per heavy atom. The molecule has 11 heteroatoms. The van der Waals surface area contributed by atoms with E-state index >= 15 is 0 Å². The number of hydrogen-bond donors (Lipinski definition) is 2. The highest BCUT2D eigenvalue weighted by Gasteiger charge is 2.18. The minimum absolute atomic E-state index is 0.0922. The van der Waals surface area contributed by atoms with E-state index in [1.54, 1.807) is 18.3 Å². The highest BCUT2D eigenvalue weighted by molar-refractivity contribution is 6.01. The van der Waals surface area contributed by atoms with Crippen LogP contribution in [0.15, 0.2) is 59.3 Å². The molecule has 0 atom stereocenters. The Balaban J connectivity index is 1.43. The smallest absolute Gasteiger partial charge is 0.316 e. The number of halogens is 1. The van der Waals surface area contributed by atoms with E-state index in [1.807, 2.05) is 0 Å². The molecule has 4 aromatic rings. The van der Waals surface area contributed by atoms with Crippen LogP contribution in [0, 0.1) is 5.82 Å². The summed E-state index contributed by atoms with van der Waals surface area (Å²) in [6.45, 7) is 0.375. The van der Waals surface area contributed by atoms with Crippen molar-refractivity contribution < 1.29 is 18.5 Å². The lowest BCUT2D eigenvalue weighted by Crippen LogP contribution is -2.13. The number of carbonyl (C=O) groups excluding carboxylic acids is 2. The van der Waals surface area contributed by atoms with Crippen molar-refractivity contribution in [1.29, 1.82) is 0 Å². The number of amides is 2. The number of primary amides is 1. The minimum Gasteiger partial charge on any atom is -0.366 e. The summed E-state index contributed by atoms with van der Waals surface area (Å²) < 4.78 is 19.5. The first-order valence-corrected chi connectivity index (χ1v) is 8.68. The van der Waals surface area contributed by atoms with E-state index in [2.05, 4.69) is 25.8 Å². The third-order valence-electron chi connectivity index (χ3n) is 4.07. The summed E-state index contributed by atoms with van der Waals surface area (Å²) in [5, 5.41) is 14.2. The number of carbonyl (C=O) groups is 2. The molecule has 0 aliphatic carbocycles. The van der Waals surface area contributed by atoms with Crippen molar-refractivity contribution in [1.82, 2.24) is 25.1 Å². The van der Waals surface area contributed by atoms with Crippen LogP contribution >= 0.6 is 0 Å². The van der Waals surface area contributed by atoms with Crippen molar-refractivity contribution in [3.8, 4) is 11.5 Å². The highest BCUT2D eigenvalue weighted by Crippen LogP contribution is 2.15. The van der Waals surface area contributed by atoms with Gasteiger partial charge in [-0.3, -0.25) is 9.59 Å². The molecule has 0 unspecified atom stereocenters. The van der Waals surface area contributed by atoms with E-state index in [9.17, 15) is 14.0 Å². The van der Waals surface area contributed by atoms with Crippen molar-refractivity contribution in [3.05, 3.63) is 77.6 Å². The van der Waals surface area contributed by atoms with Crippen LogP contribution in [-0.2, 0) is 6.54 Å². The average molecular weight is 407 g/mol. The van der Waals surface area contributed by atoms with E-state index in [0.717, 1.165) is 5.56 Å². The van der Waals surface area contributed by atoms with Gasteiger partial charge in [-0.25, -0.2) is 9.07 Å². The van der Waals surface area contributed by atoms with Crippen LogP contribution in [-0.4, -0.2) is 36.9 Å².